The lowest BCUT2D eigenvalue weighted by Crippen LogP contribution is -2.35. The number of allylic oxidation sites excluding steroid dienone is 1. The van der Waals surface area contributed by atoms with Crippen LogP contribution in [-0.2, 0) is 20.7 Å². The summed E-state index contributed by atoms with van der Waals surface area (Å²) in [5.41, 5.74) is 1.18. The first-order chi connectivity index (χ1) is 13.3. The Morgan fingerprint density at radius 1 is 1.36 bits per heavy atom. The summed E-state index contributed by atoms with van der Waals surface area (Å²) < 4.78 is 10.4. The zero-order chi connectivity index (χ0) is 20.8. The second kappa shape index (κ2) is 9.45. The molecule has 1 aromatic rings. The quantitative estimate of drug-likeness (QED) is 0.402. The van der Waals surface area contributed by atoms with Crippen molar-refractivity contribution in [2.75, 3.05) is 13.2 Å². The first-order valence-electron chi connectivity index (χ1n) is 8.81. The van der Waals surface area contributed by atoms with Gasteiger partial charge >= 0.3 is 5.97 Å². The lowest BCUT2D eigenvalue weighted by atomic mass is 10.1. The largest absolute Gasteiger partial charge is 0.504 e. The minimum atomic E-state index is -0.643. The Morgan fingerprint density at radius 3 is 2.68 bits per heavy atom. The molecule has 0 aliphatic carbocycles. The van der Waals surface area contributed by atoms with Gasteiger partial charge < -0.3 is 14.6 Å². The number of esters is 1. The van der Waals surface area contributed by atoms with Crippen LogP contribution in [0.3, 0.4) is 0 Å². The van der Waals surface area contributed by atoms with E-state index in [9.17, 15) is 19.5 Å². The Kier molecular flexibility index (Phi) is 7.28. The van der Waals surface area contributed by atoms with Crippen molar-refractivity contribution in [1.29, 1.82) is 0 Å². The monoisotopic (exact) mass is 405 g/mol. The molecule has 1 fully saturated rings. The van der Waals surface area contributed by atoms with Crippen LogP contribution in [0.25, 0.3) is 6.08 Å². The van der Waals surface area contributed by atoms with E-state index in [-0.39, 0.29) is 22.5 Å². The van der Waals surface area contributed by atoms with Crippen molar-refractivity contribution < 1.29 is 29.0 Å². The maximum atomic E-state index is 12.5. The highest BCUT2D eigenvalue weighted by Crippen LogP contribution is 2.36. The van der Waals surface area contributed by atoms with Gasteiger partial charge in [0.15, 0.2) is 11.5 Å². The number of nitrogens with zero attached hydrogens (tertiary/aromatic N) is 1. The molecule has 0 aromatic heterocycles. The number of aromatic hydroxyl groups is 1. The first-order valence-corrected chi connectivity index (χ1v) is 9.62. The summed E-state index contributed by atoms with van der Waals surface area (Å²) in [4.78, 5) is 37.5. The zero-order valence-electron chi connectivity index (χ0n) is 16.1. The Labute approximate surface area is 168 Å². The smallest absolute Gasteiger partial charge is 0.326 e. The van der Waals surface area contributed by atoms with E-state index in [0.29, 0.717) is 24.2 Å². The third kappa shape index (κ3) is 5.16. The number of carbonyl (C=O) groups is 3. The van der Waals surface area contributed by atoms with Gasteiger partial charge in [0.25, 0.3) is 11.1 Å². The molecule has 0 atom stereocenters. The maximum absolute atomic E-state index is 12.5. The van der Waals surface area contributed by atoms with E-state index >= 15 is 0 Å². The van der Waals surface area contributed by atoms with E-state index in [1.54, 1.807) is 39.0 Å². The number of imide groups is 1. The van der Waals surface area contributed by atoms with E-state index in [2.05, 4.69) is 6.58 Å². The molecule has 0 spiro atoms. The van der Waals surface area contributed by atoms with Crippen LogP contribution >= 0.6 is 11.8 Å². The summed E-state index contributed by atoms with van der Waals surface area (Å²) in [6.07, 6.45) is 3.26. The standard InChI is InChI=1S/C20H23NO6S/c1-5-7-14-8-13(9-15(18(14)23)26-6-2)10-16-19(24)21(20(25)28-16)11-17(22)27-12(3)4/h5,8-10,12,23H,1,6-7,11H2,2-4H3. The Hall–Kier alpha value is -2.74. The molecule has 8 heteroatoms. The molecular formula is C20H23NO6S. The second-order valence-electron chi connectivity index (χ2n) is 6.26. The van der Waals surface area contributed by atoms with Gasteiger partial charge in [0.05, 0.1) is 17.6 Å². The Morgan fingerprint density at radius 2 is 2.07 bits per heavy atom. The summed E-state index contributed by atoms with van der Waals surface area (Å²) >= 11 is 0.747. The van der Waals surface area contributed by atoms with E-state index in [1.165, 1.54) is 6.08 Å². The average molecular weight is 405 g/mol. The van der Waals surface area contributed by atoms with E-state index < -0.39 is 23.7 Å². The molecule has 0 saturated carbocycles. The fourth-order valence-corrected chi connectivity index (χ4v) is 3.40. The highest BCUT2D eigenvalue weighted by atomic mass is 32.2. The molecule has 1 saturated heterocycles. The van der Waals surface area contributed by atoms with Crippen LogP contribution in [0.2, 0.25) is 0 Å². The van der Waals surface area contributed by atoms with Crippen LogP contribution < -0.4 is 4.74 Å². The van der Waals surface area contributed by atoms with E-state index in [0.717, 1.165) is 16.7 Å². The predicted octanol–water partition coefficient (Wildman–Crippen LogP) is 3.51. The summed E-state index contributed by atoms with van der Waals surface area (Å²) in [6.45, 7) is 8.76. The molecule has 1 aliphatic heterocycles. The number of hydrogen-bond donors (Lipinski definition) is 1. The summed E-state index contributed by atoms with van der Waals surface area (Å²) in [5.74, 6) is -0.904. The SMILES string of the molecule is C=CCc1cc(C=C2SC(=O)N(CC(=O)OC(C)C)C2=O)cc(OCC)c1O. The van der Waals surface area contributed by atoms with Gasteiger partial charge in [-0.15, -0.1) is 6.58 Å². The number of rotatable bonds is 8. The van der Waals surface area contributed by atoms with Crippen LogP contribution in [-0.4, -0.2) is 46.4 Å². The van der Waals surface area contributed by atoms with Gasteiger partial charge in [0, 0.05) is 5.56 Å². The molecule has 1 aromatic carbocycles. The molecule has 28 heavy (non-hydrogen) atoms. The van der Waals surface area contributed by atoms with Crippen LogP contribution in [0.15, 0.2) is 29.7 Å². The molecule has 1 N–H and O–H groups in total. The van der Waals surface area contributed by atoms with Crippen molar-refractivity contribution in [3.8, 4) is 11.5 Å². The molecule has 1 heterocycles. The van der Waals surface area contributed by atoms with Crippen molar-refractivity contribution in [2.24, 2.45) is 0 Å². The molecule has 0 unspecified atom stereocenters. The van der Waals surface area contributed by atoms with Gasteiger partial charge in [0.2, 0.25) is 0 Å². The lowest BCUT2D eigenvalue weighted by Gasteiger charge is -2.13. The number of carbonyl (C=O) groups excluding carboxylic acids is 3. The van der Waals surface area contributed by atoms with Gasteiger partial charge in [-0.3, -0.25) is 19.3 Å². The number of phenols is 1. The van der Waals surface area contributed by atoms with Gasteiger partial charge in [-0.1, -0.05) is 6.08 Å². The summed E-state index contributed by atoms with van der Waals surface area (Å²) in [5, 5.41) is 9.73. The van der Waals surface area contributed by atoms with Gasteiger partial charge in [-0.25, -0.2) is 0 Å². The number of thioether (sulfide) groups is 1. The minimum Gasteiger partial charge on any atom is -0.504 e. The molecule has 150 valence electrons. The topological polar surface area (TPSA) is 93.1 Å². The molecule has 0 bridgehead atoms. The van der Waals surface area contributed by atoms with Crippen LogP contribution in [0.4, 0.5) is 4.79 Å². The zero-order valence-corrected chi connectivity index (χ0v) is 16.9. The van der Waals surface area contributed by atoms with Crippen molar-refractivity contribution in [1.82, 2.24) is 4.90 Å². The summed E-state index contributed by atoms with van der Waals surface area (Å²) in [7, 11) is 0. The number of ether oxygens (including phenoxy) is 2. The van der Waals surface area contributed by atoms with Crippen molar-refractivity contribution >= 4 is 35.0 Å². The third-order valence-corrected chi connectivity index (χ3v) is 4.57. The molecule has 0 radical (unpaired) electrons. The minimum absolute atomic E-state index is 0.0171. The third-order valence-electron chi connectivity index (χ3n) is 3.67. The average Bonchev–Trinajstić information content (AvgIpc) is 2.86. The highest BCUT2D eigenvalue weighted by Gasteiger charge is 2.36. The van der Waals surface area contributed by atoms with E-state index in [4.69, 9.17) is 9.47 Å². The van der Waals surface area contributed by atoms with Gasteiger partial charge in [-0.05, 0) is 62.7 Å². The molecule has 2 amide bonds. The van der Waals surface area contributed by atoms with Crippen molar-refractivity contribution in [3.63, 3.8) is 0 Å². The van der Waals surface area contributed by atoms with Gasteiger partial charge in [-0.2, -0.15) is 0 Å². The predicted molar refractivity (Wildman–Crippen MR) is 107 cm³/mol. The van der Waals surface area contributed by atoms with Crippen LogP contribution in [0, 0.1) is 0 Å². The fourth-order valence-electron chi connectivity index (χ4n) is 2.57. The first kappa shape index (κ1) is 21.6. The fraction of sp³-hybridized carbons (Fsp3) is 0.350. The number of amides is 2. The molecular weight excluding hydrogens is 382 g/mol. The molecule has 1 aliphatic rings. The highest BCUT2D eigenvalue weighted by molar-refractivity contribution is 8.18. The van der Waals surface area contributed by atoms with Gasteiger partial charge in [0.1, 0.15) is 6.54 Å². The van der Waals surface area contributed by atoms with E-state index in [1.807, 2.05) is 0 Å². The number of benzene rings is 1. The van der Waals surface area contributed by atoms with Crippen LogP contribution in [0.1, 0.15) is 31.9 Å². The Bertz CT molecular complexity index is 830. The molecule has 2 rings (SSSR count). The summed E-state index contributed by atoms with van der Waals surface area (Å²) in [6, 6.07) is 3.28. The maximum Gasteiger partial charge on any atom is 0.326 e. The number of phenolic OH excluding ortho intramolecular Hbond substituents is 1. The number of hydrogen-bond acceptors (Lipinski definition) is 7. The normalized spacial score (nSPS) is 15.4. The molecule has 7 nitrogen and oxygen atoms in total. The van der Waals surface area contributed by atoms with Crippen molar-refractivity contribution in [2.45, 2.75) is 33.3 Å². The van der Waals surface area contributed by atoms with Crippen LogP contribution in [0.5, 0.6) is 11.5 Å². The Balaban J connectivity index is 2.29. The second-order valence-corrected chi connectivity index (χ2v) is 7.25. The lowest BCUT2D eigenvalue weighted by molar-refractivity contribution is -0.149. The van der Waals surface area contributed by atoms with Crippen molar-refractivity contribution in [3.05, 3.63) is 40.8 Å².